The number of carbonyl (C=O) groups excluding carboxylic acids is 1. The lowest BCUT2D eigenvalue weighted by Gasteiger charge is -2.56. The molecule has 0 aliphatic heterocycles. The van der Waals surface area contributed by atoms with Crippen LogP contribution < -0.4 is 16.0 Å². The zero-order valence-electron chi connectivity index (χ0n) is 16.9. The normalized spacial score (nSPS) is 30.6. The van der Waals surface area contributed by atoms with Gasteiger partial charge in [-0.2, -0.15) is 0 Å². The highest BCUT2D eigenvalue weighted by molar-refractivity contribution is 6.33. The van der Waals surface area contributed by atoms with Gasteiger partial charge in [0, 0.05) is 19.3 Å². The van der Waals surface area contributed by atoms with Crippen LogP contribution in [0.4, 0.5) is 0 Å². The van der Waals surface area contributed by atoms with Crippen molar-refractivity contribution in [3.63, 3.8) is 0 Å². The Morgan fingerprint density at radius 1 is 1.18 bits per heavy atom. The summed E-state index contributed by atoms with van der Waals surface area (Å²) < 4.78 is 0. The summed E-state index contributed by atoms with van der Waals surface area (Å²) in [5.74, 6) is 2.63. The van der Waals surface area contributed by atoms with Crippen LogP contribution in [0.25, 0.3) is 0 Å². The highest BCUT2D eigenvalue weighted by atomic mass is 35.5. The first-order valence-corrected chi connectivity index (χ1v) is 11.2. The zero-order chi connectivity index (χ0) is 19.6. The summed E-state index contributed by atoms with van der Waals surface area (Å²) in [7, 11) is 1.95. The quantitative estimate of drug-likeness (QED) is 0.552. The molecule has 5 nitrogen and oxygen atoms in total. The van der Waals surface area contributed by atoms with E-state index < -0.39 is 0 Å². The molecule has 4 bridgehead atoms. The minimum atomic E-state index is -0.0559. The number of nitrogens with one attached hydrogen (secondary N) is 3. The van der Waals surface area contributed by atoms with Gasteiger partial charge in [0.2, 0.25) is 0 Å². The van der Waals surface area contributed by atoms with E-state index in [1.165, 1.54) is 38.5 Å². The first-order chi connectivity index (χ1) is 13.6. The molecule has 3 N–H and O–H groups in total. The van der Waals surface area contributed by atoms with Gasteiger partial charge < -0.3 is 16.0 Å². The fourth-order valence-corrected chi connectivity index (χ4v) is 6.42. The molecule has 1 aromatic rings. The topological polar surface area (TPSA) is 66.0 Å². The molecule has 6 heteroatoms. The molecule has 0 saturated heterocycles. The molecule has 5 rings (SSSR count). The van der Waals surface area contributed by atoms with Gasteiger partial charge in [-0.15, -0.1) is 0 Å². The molecule has 154 valence electrons. The smallest absolute Gasteiger partial charge is 0.252 e. The van der Waals surface area contributed by atoms with E-state index in [-0.39, 0.29) is 5.91 Å². The number of nitrogens with zero attached hydrogens (tertiary/aromatic N) is 1. The molecule has 28 heavy (non-hydrogen) atoms. The van der Waals surface area contributed by atoms with Crippen molar-refractivity contribution in [3.05, 3.63) is 28.5 Å². The van der Waals surface area contributed by atoms with Crippen LogP contribution in [0, 0.1) is 23.2 Å². The third kappa shape index (κ3) is 4.52. The van der Waals surface area contributed by atoms with Crippen molar-refractivity contribution in [1.29, 1.82) is 0 Å². The van der Waals surface area contributed by atoms with Crippen LogP contribution in [0.15, 0.2) is 12.3 Å². The molecule has 4 saturated carbocycles. The minimum absolute atomic E-state index is 0.0559. The average Bonchev–Trinajstić information content (AvgIpc) is 2.66. The molecule has 1 aromatic heterocycles. The summed E-state index contributed by atoms with van der Waals surface area (Å²) in [6, 6.07) is 1.84. The van der Waals surface area contributed by atoms with Crippen molar-refractivity contribution in [2.24, 2.45) is 23.2 Å². The molecule has 1 amide bonds. The monoisotopic (exact) mass is 404 g/mol. The van der Waals surface area contributed by atoms with Gasteiger partial charge in [-0.25, -0.2) is 0 Å². The van der Waals surface area contributed by atoms with Crippen LogP contribution in [-0.4, -0.2) is 37.6 Å². The summed E-state index contributed by atoms with van der Waals surface area (Å²) in [4.78, 5) is 17.2. The maximum atomic E-state index is 12.9. The largest absolute Gasteiger partial charge is 0.351 e. The molecule has 0 unspecified atom stereocenters. The van der Waals surface area contributed by atoms with Gasteiger partial charge >= 0.3 is 0 Å². The van der Waals surface area contributed by atoms with E-state index in [1.807, 2.05) is 13.1 Å². The Balaban J connectivity index is 1.33. The second-order valence-corrected chi connectivity index (χ2v) is 9.80. The number of carbonyl (C=O) groups is 1. The fraction of sp³-hybridized carbons (Fsp3) is 0.727. The summed E-state index contributed by atoms with van der Waals surface area (Å²) >= 11 is 6.30. The van der Waals surface area contributed by atoms with Crippen LogP contribution in [-0.2, 0) is 6.54 Å². The average molecular weight is 405 g/mol. The molecule has 0 spiro atoms. The van der Waals surface area contributed by atoms with E-state index in [0.29, 0.717) is 22.5 Å². The maximum Gasteiger partial charge on any atom is 0.252 e. The number of aromatic nitrogens is 1. The second-order valence-electron chi connectivity index (χ2n) is 9.39. The Bertz CT molecular complexity index is 672. The Labute approximate surface area is 173 Å². The number of halogens is 1. The molecule has 4 fully saturated rings. The van der Waals surface area contributed by atoms with E-state index in [1.54, 1.807) is 6.20 Å². The Morgan fingerprint density at radius 2 is 1.86 bits per heavy atom. The highest BCUT2D eigenvalue weighted by Crippen LogP contribution is 2.59. The lowest BCUT2D eigenvalue weighted by atomic mass is 9.49. The third-order valence-corrected chi connectivity index (χ3v) is 7.33. The summed E-state index contributed by atoms with van der Waals surface area (Å²) in [5.41, 5.74) is 1.74. The first-order valence-electron chi connectivity index (χ1n) is 10.8. The lowest BCUT2D eigenvalue weighted by molar-refractivity contribution is -0.0503. The molecular formula is C22H33ClN4O. The molecule has 0 radical (unpaired) electrons. The molecule has 4 aliphatic carbocycles. The molecular weight excluding hydrogens is 372 g/mol. The molecule has 0 atom stereocenters. The van der Waals surface area contributed by atoms with Gasteiger partial charge in [0.25, 0.3) is 5.91 Å². The second kappa shape index (κ2) is 8.68. The van der Waals surface area contributed by atoms with Crippen molar-refractivity contribution in [3.8, 4) is 0 Å². The predicted molar refractivity (Wildman–Crippen MR) is 112 cm³/mol. The van der Waals surface area contributed by atoms with E-state index in [9.17, 15) is 4.79 Å². The SMILES string of the molecule is CNCCCNCc1cc(C(=O)NCC23CC4CC(CC(C4)C2)C3)c(Cl)cn1. The third-order valence-electron chi connectivity index (χ3n) is 7.03. The van der Waals surface area contributed by atoms with Crippen molar-refractivity contribution in [1.82, 2.24) is 20.9 Å². The minimum Gasteiger partial charge on any atom is -0.351 e. The van der Waals surface area contributed by atoms with Crippen molar-refractivity contribution in [2.45, 2.75) is 51.5 Å². The van der Waals surface area contributed by atoms with Crippen LogP contribution in [0.5, 0.6) is 0 Å². The Kier molecular flexibility index (Phi) is 6.24. The van der Waals surface area contributed by atoms with E-state index in [2.05, 4.69) is 20.9 Å². The van der Waals surface area contributed by atoms with E-state index in [0.717, 1.165) is 49.5 Å². The van der Waals surface area contributed by atoms with Crippen LogP contribution in [0.3, 0.4) is 0 Å². The molecule has 1 heterocycles. The highest BCUT2D eigenvalue weighted by Gasteiger charge is 2.50. The Morgan fingerprint density at radius 3 is 2.50 bits per heavy atom. The maximum absolute atomic E-state index is 12.9. The van der Waals surface area contributed by atoms with Crippen LogP contribution in [0.2, 0.25) is 5.02 Å². The van der Waals surface area contributed by atoms with Crippen LogP contribution in [0.1, 0.15) is 61.0 Å². The number of rotatable bonds is 9. The summed E-state index contributed by atoms with van der Waals surface area (Å²) in [5, 5.41) is 10.2. The van der Waals surface area contributed by atoms with E-state index in [4.69, 9.17) is 11.6 Å². The molecule has 0 aromatic carbocycles. The lowest BCUT2D eigenvalue weighted by Crippen LogP contribution is -2.51. The van der Waals surface area contributed by atoms with Crippen molar-refractivity contribution in [2.75, 3.05) is 26.7 Å². The predicted octanol–water partition coefficient (Wildman–Crippen LogP) is 3.38. The van der Waals surface area contributed by atoms with E-state index >= 15 is 0 Å². The van der Waals surface area contributed by atoms with Crippen molar-refractivity contribution >= 4 is 17.5 Å². The molecule has 4 aliphatic rings. The van der Waals surface area contributed by atoms with Gasteiger partial charge in [0.15, 0.2) is 0 Å². The Hall–Kier alpha value is -1.17. The number of pyridine rings is 1. The van der Waals surface area contributed by atoms with Gasteiger partial charge in [-0.3, -0.25) is 9.78 Å². The zero-order valence-corrected chi connectivity index (χ0v) is 17.7. The van der Waals surface area contributed by atoms with Gasteiger partial charge in [-0.05, 0) is 94.3 Å². The van der Waals surface area contributed by atoms with Gasteiger partial charge in [0.05, 0.1) is 16.3 Å². The number of hydrogen-bond acceptors (Lipinski definition) is 4. The summed E-state index contributed by atoms with van der Waals surface area (Å²) in [6.07, 6.45) is 10.8. The van der Waals surface area contributed by atoms with Gasteiger partial charge in [-0.1, -0.05) is 11.6 Å². The van der Waals surface area contributed by atoms with Crippen LogP contribution >= 0.6 is 11.6 Å². The summed E-state index contributed by atoms with van der Waals surface area (Å²) in [6.45, 7) is 3.35. The van der Waals surface area contributed by atoms with Gasteiger partial charge in [0.1, 0.15) is 0 Å². The number of hydrogen-bond donors (Lipinski definition) is 3. The standard InChI is InChI=1S/C22H33ClN4O/c1-24-3-2-4-25-12-18-8-19(20(23)13-26-18)21(28)27-14-22-9-15-5-16(10-22)7-17(6-15)11-22/h8,13,15-17,24-25H,2-7,9-12,14H2,1H3,(H,27,28). The first kappa shape index (κ1) is 20.1. The fourth-order valence-electron chi connectivity index (χ4n) is 6.23. The van der Waals surface area contributed by atoms with Crippen molar-refractivity contribution < 1.29 is 4.79 Å². The number of amides is 1.